The van der Waals surface area contributed by atoms with Crippen molar-refractivity contribution in [3.8, 4) is 0 Å². The van der Waals surface area contributed by atoms with E-state index in [-0.39, 0.29) is 17.8 Å². The van der Waals surface area contributed by atoms with Crippen LogP contribution >= 0.6 is 27.5 Å². The molecule has 0 fully saturated rings. The van der Waals surface area contributed by atoms with E-state index in [1.165, 1.54) is 30.3 Å². The van der Waals surface area contributed by atoms with Gasteiger partial charge < -0.3 is 5.11 Å². The number of halogens is 4. The third kappa shape index (κ3) is 3.53. The fourth-order valence-corrected chi connectivity index (χ4v) is 2.47. The SMILES string of the molecule is OC(Cc1ccc(F)cc1Br)c1cc(Cl)ccc1F. The highest BCUT2D eigenvalue weighted by Crippen LogP contribution is 2.27. The minimum absolute atomic E-state index is 0.128. The van der Waals surface area contributed by atoms with E-state index in [9.17, 15) is 13.9 Å². The molecule has 5 heteroatoms. The molecule has 19 heavy (non-hydrogen) atoms. The van der Waals surface area contributed by atoms with Crippen LogP contribution in [-0.2, 0) is 6.42 Å². The van der Waals surface area contributed by atoms with Crippen LogP contribution in [-0.4, -0.2) is 5.11 Å². The molecule has 0 aliphatic rings. The molecule has 0 amide bonds. The van der Waals surface area contributed by atoms with Gasteiger partial charge in [-0.1, -0.05) is 33.6 Å². The van der Waals surface area contributed by atoms with Crippen molar-refractivity contribution in [3.63, 3.8) is 0 Å². The predicted molar refractivity (Wildman–Crippen MR) is 74.2 cm³/mol. The number of aliphatic hydroxyl groups is 1. The quantitative estimate of drug-likeness (QED) is 0.856. The zero-order valence-corrected chi connectivity index (χ0v) is 12.0. The van der Waals surface area contributed by atoms with E-state index in [4.69, 9.17) is 11.6 Å². The Balaban J connectivity index is 2.25. The molecule has 0 aromatic heterocycles. The molecule has 1 unspecified atom stereocenters. The summed E-state index contributed by atoms with van der Waals surface area (Å²) in [5.74, 6) is -0.894. The molecule has 2 rings (SSSR count). The van der Waals surface area contributed by atoms with Crippen LogP contribution in [0, 0.1) is 11.6 Å². The Kier molecular flexibility index (Phi) is 4.55. The summed E-state index contributed by atoms with van der Waals surface area (Å²) in [5.41, 5.74) is 0.817. The molecule has 0 heterocycles. The summed E-state index contributed by atoms with van der Waals surface area (Å²) in [6.45, 7) is 0. The minimum Gasteiger partial charge on any atom is -0.388 e. The maximum Gasteiger partial charge on any atom is 0.129 e. The van der Waals surface area contributed by atoms with Crippen molar-refractivity contribution in [1.29, 1.82) is 0 Å². The maximum absolute atomic E-state index is 13.6. The third-order valence-electron chi connectivity index (χ3n) is 2.75. The number of benzene rings is 2. The van der Waals surface area contributed by atoms with Gasteiger partial charge in [-0.3, -0.25) is 0 Å². The van der Waals surface area contributed by atoms with Crippen LogP contribution in [0.5, 0.6) is 0 Å². The Bertz CT molecular complexity index is 604. The van der Waals surface area contributed by atoms with Gasteiger partial charge >= 0.3 is 0 Å². The zero-order chi connectivity index (χ0) is 14.0. The normalized spacial score (nSPS) is 12.5. The molecule has 0 aliphatic heterocycles. The smallest absolute Gasteiger partial charge is 0.129 e. The van der Waals surface area contributed by atoms with Gasteiger partial charge in [0.2, 0.25) is 0 Å². The Morgan fingerprint density at radius 1 is 1.16 bits per heavy atom. The van der Waals surface area contributed by atoms with Crippen LogP contribution in [0.15, 0.2) is 40.9 Å². The van der Waals surface area contributed by atoms with Gasteiger partial charge in [-0.25, -0.2) is 8.78 Å². The lowest BCUT2D eigenvalue weighted by Gasteiger charge is -2.13. The van der Waals surface area contributed by atoms with E-state index in [0.717, 1.165) is 0 Å². The summed E-state index contributed by atoms with van der Waals surface area (Å²) in [7, 11) is 0. The van der Waals surface area contributed by atoms with Crippen LogP contribution < -0.4 is 0 Å². The van der Waals surface area contributed by atoms with Crippen molar-refractivity contribution in [3.05, 3.63) is 68.7 Å². The summed E-state index contributed by atoms with van der Waals surface area (Å²) >= 11 is 8.99. The van der Waals surface area contributed by atoms with Crippen LogP contribution in [0.2, 0.25) is 5.02 Å². The largest absolute Gasteiger partial charge is 0.388 e. The zero-order valence-electron chi connectivity index (χ0n) is 9.71. The van der Waals surface area contributed by atoms with E-state index in [2.05, 4.69) is 15.9 Å². The molecule has 1 N–H and O–H groups in total. The molecule has 100 valence electrons. The van der Waals surface area contributed by atoms with Gasteiger partial charge in [0.25, 0.3) is 0 Å². The number of hydrogen-bond acceptors (Lipinski definition) is 1. The monoisotopic (exact) mass is 346 g/mol. The standard InChI is InChI=1S/C14H10BrClF2O/c15-12-7-10(17)3-1-8(12)5-14(19)11-6-9(16)2-4-13(11)18/h1-4,6-7,14,19H,5H2. The second-order valence-corrected chi connectivity index (χ2v) is 5.41. The van der Waals surface area contributed by atoms with E-state index < -0.39 is 11.9 Å². The van der Waals surface area contributed by atoms with Crippen molar-refractivity contribution >= 4 is 27.5 Å². The van der Waals surface area contributed by atoms with Gasteiger partial charge in [-0.05, 0) is 35.9 Å². The van der Waals surface area contributed by atoms with Crippen molar-refractivity contribution in [1.82, 2.24) is 0 Å². The summed E-state index contributed by atoms with van der Waals surface area (Å²) in [6, 6.07) is 8.16. The minimum atomic E-state index is -1.04. The van der Waals surface area contributed by atoms with Gasteiger partial charge in [0, 0.05) is 21.5 Å². The highest BCUT2D eigenvalue weighted by Gasteiger charge is 2.15. The molecule has 1 nitrogen and oxygen atoms in total. The average Bonchev–Trinajstić information content (AvgIpc) is 2.35. The second kappa shape index (κ2) is 5.99. The predicted octanol–water partition coefficient (Wildman–Crippen LogP) is 4.66. The van der Waals surface area contributed by atoms with Crippen molar-refractivity contribution in [2.24, 2.45) is 0 Å². The van der Waals surface area contributed by atoms with E-state index in [1.807, 2.05) is 0 Å². The van der Waals surface area contributed by atoms with E-state index >= 15 is 0 Å². The van der Waals surface area contributed by atoms with Crippen LogP contribution in [0.25, 0.3) is 0 Å². The van der Waals surface area contributed by atoms with Gasteiger partial charge in [-0.15, -0.1) is 0 Å². The molecule has 0 aliphatic carbocycles. The van der Waals surface area contributed by atoms with Crippen molar-refractivity contribution in [2.75, 3.05) is 0 Å². The van der Waals surface area contributed by atoms with Gasteiger partial charge in [0.15, 0.2) is 0 Å². The highest BCUT2D eigenvalue weighted by molar-refractivity contribution is 9.10. The first-order chi connectivity index (χ1) is 8.97. The van der Waals surface area contributed by atoms with Crippen molar-refractivity contribution in [2.45, 2.75) is 12.5 Å². The average molecular weight is 348 g/mol. The molecule has 0 spiro atoms. The molecule has 0 saturated carbocycles. The first kappa shape index (κ1) is 14.4. The number of rotatable bonds is 3. The Labute approximate surface area is 123 Å². The molecular weight excluding hydrogens is 338 g/mol. The van der Waals surface area contributed by atoms with Crippen LogP contribution in [0.1, 0.15) is 17.2 Å². The van der Waals surface area contributed by atoms with E-state index in [1.54, 1.807) is 6.07 Å². The van der Waals surface area contributed by atoms with Gasteiger partial charge in [-0.2, -0.15) is 0 Å². The molecule has 0 bridgehead atoms. The summed E-state index contributed by atoms with van der Waals surface area (Å²) in [4.78, 5) is 0. The second-order valence-electron chi connectivity index (χ2n) is 4.12. The Morgan fingerprint density at radius 2 is 1.89 bits per heavy atom. The molecule has 0 saturated heterocycles. The molecule has 0 radical (unpaired) electrons. The summed E-state index contributed by atoms with van der Waals surface area (Å²) in [6.07, 6.45) is -0.876. The lowest BCUT2D eigenvalue weighted by molar-refractivity contribution is 0.173. The summed E-state index contributed by atoms with van der Waals surface area (Å²) < 4.78 is 27.1. The number of aliphatic hydroxyl groups excluding tert-OH is 1. The molecule has 2 aromatic rings. The Morgan fingerprint density at radius 3 is 2.58 bits per heavy atom. The fraction of sp³-hybridized carbons (Fsp3) is 0.143. The highest BCUT2D eigenvalue weighted by atomic mass is 79.9. The maximum atomic E-state index is 13.6. The molecular formula is C14H10BrClF2O. The molecule has 2 aromatic carbocycles. The summed E-state index contributed by atoms with van der Waals surface area (Å²) in [5, 5.41) is 10.4. The van der Waals surface area contributed by atoms with Crippen LogP contribution in [0.4, 0.5) is 8.78 Å². The first-order valence-corrected chi connectivity index (χ1v) is 6.71. The van der Waals surface area contributed by atoms with E-state index in [0.29, 0.717) is 15.1 Å². The lowest BCUT2D eigenvalue weighted by Crippen LogP contribution is -2.05. The topological polar surface area (TPSA) is 20.2 Å². The fourth-order valence-electron chi connectivity index (χ4n) is 1.78. The van der Waals surface area contributed by atoms with Crippen molar-refractivity contribution < 1.29 is 13.9 Å². The van der Waals surface area contributed by atoms with Crippen LogP contribution in [0.3, 0.4) is 0 Å². The first-order valence-electron chi connectivity index (χ1n) is 5.54. The third-order valence-corrected chi connectivity index (χ3v) is 3.72. The number of hydrogen-bond donors (Lipinski definition) is 1. The molecule has 1 atom stereocenters. The Hall–Kier alpha value is -0.970. The lowest BCUT2D eigenvalue weighted by atomic mass is 10.0. The van der Waals surface area contributed by atoms with Gasteiger partial charge in [0.1, 0.15) is 11.6 Å². The van der Waals surface area contributed by atoms with Gasteiger partial charge in [0.05, 0.1) is 6.10 Å².